The molecule has 3 aromatic rings. The number of morpholine rings is 1. The van der Waals surface area contributed by atoms with Crippen molar-refractivity contribution in [1.29, 1.82) is 0 Å². The molecule has 2 fully saturated rings. The van der Waals surface area contributed by atoms with E-state index in [-0.39, 0.29) is 17.3 Å². The number of hydrogen-bond donors (Lipinski definition) is 1. The van der Waals surface area contributed by atoms with E-state index in [2.05, 4.69) is 4.98 Å². The van der Waals surface area contributed by atoms with Crippen molar-refractivity contribution in [1.82, 2.24) is 14.2 Å². The van der Waals surface area contributed by atoms with Crippen LogP contribution >= 0.6 is 0 Å². The number of anilines is 1. The van der Waals surface area contributed by atoms with Crippen molar-refractivity contribution in [3.8, 4) is 11.3 Å². The molecule has 2 aliphatic heterocycles. The highest BCUT2D eigenvalue weighted by atomic mass is 32.2. The lowest BCUT2D eigenvalue weighted by Gasteiger charge is -2.28. The van der Waals surface area contributed by atoms with Crippen LogP contribution in [0.3, 0.4) is 0 Å². The van der Waals surface area contributed by atoms with Crippen LogP contribution in [0.25, 0.3) is 22.2 Å². The second kappa shape index (κ2) is 9.38. The summed E-state index contributed by atoms with van der Waals surface area (Å²) >= 11 is 0. The summed E-state index contributed by atoms with van der Waals surface area (Å²) in [6.07, 6.45) is 0.901. The molecule has 2 saturated heterocycles. The lowest BCUT2D eigenvalue weighted by atomic mass is 10.1. The number of nitrogens with zero attached hydrogens (tertiary/aromatic N) is 3. The molecule has 1 aromatic heterocycles. The zero-order valence-electron chi connectivity index (χ0n) is 19.1. The predicted molar refractivity (Wildman–Crippen MR) is 129 cm³/mol. The average Bonchev–Trinajstić information content (AvgIpc) is 3.54. The van der Waals surface area contributed by atoms with E-state index >= 15 is 0 Å². The largest absolute Gasteiger partial charge is 0.378 e. The Labute approximate surface area is 198 Å². The van der Waals surface area contributed by atoms with Gasteiger partial charge in [-0.05, 0) is 36.8 Å². The summed E-state index contributed by atoms with van der Waals surface area (Å²) in [5.74, 6) is -0.229. The van der Waals surface area contributed by atoms with E-state index in [0.29, 0.717) is 32.9 Å². The van der Waals surface area contributed by atoms with Crippen molar-refractivity contribution < 1.29 is 22.8 Å². The van der Waals surface area contributed by atoms with Crippen molar-refractivity contribution in [2.45, 2.75) is 11.3 Å². The first kappa shape index (κ1) is 22.9. The molecule has 2 aromatic carbocycles. The number of likely N-dealkylation sites (N-methyl/N-ethyl adjacent to an activating group) is 1. The first-order valence-electron chi connectivity index (χ1n) is 11.4. The van der Waals surface area contributed by atoms with Gasteiger partial charge in [0.1, 0.15) is 0 Å². The molecule has 1 N–H and O–H groups in total. The zero-order chi connectivity index (χ0) is 23.7. The molecule has 0 bridgehead atoms. The van der Waals surface area contributed by atoms with Crippen LogP contribution in [0.5, 0.6) is 0 Å². The molecule has 0 atom stereocenters. The highest BCUT2D eigenvalue weighted by Gasteiger charge is 2.28. The van der Waals surface area contributed by atoms with E-state index < -0.39 is 10.0 Å². The van der Waals surface area contributed by atoms with Gasteiger partial charge in [0.15, 0.2) is 0 Å². The van der Waals surface area contributed by atoms with Crippen LogP contribution in [0.15, 0.2) is 53.4 Å². The minimum atomic E-state index is -3.89. The van der Waals surface area contributed by atoms with Gasteiger partial charge in [0, 0.05) is 48.8 Å². The molecular weight excluding hydrogens is 456 g/mol. The molecule has 2 aliphatic rings. The molecule has 3 heterocycles. The van der Waals surface area contributed by atoms with Gasteiger partial charge in [0.2, 0.25) is 15.9 Å². The number of hydroxylamine groups is 1. The number of benzene rings is 2. The number of ether oxygens (including phenoxy) is 1. The zero-order valence-corrected chi connectivity index (χ0v) is 19.9. The van der Waals surface area contributed by atoms with Crippen molar-refractivity contribution in [3.05, 3.63) is 48.5 Å². The van der Waals surface area contributed by atoms with Gasteiger partial charge in [-0.2, -0.15) is 4.31 Å². The predicted octanol–water partition coefficient (Wildman–Crippen LogP) is 2.46. The Bertz CT molecular complexity index is 1260. The number of H-pyrrole nitrogens is 1. The third kappa shape index (κ3) is 4.41. The third-order valence-electron chi connectivity index (χ3n) is 6.24. The average molecular weight is 485 g/mol. The van der Waals surface area contributed by atoms with Crippen LogP contribution in [0.1, 0.15) is 6.42 Å². The molecule has 1 amide bonds. The number of hydrogen-bond acceptors (Lipinski definition) is 6. The monoisotopic (exact) mass is 484 g/mol. The smallest absolute Gasteiger partial charge is 0.243 e. The van der Waals surface area contributed by atoms with Crippen LogP contribution in [-0.4, -0.2) is 81.6 Å². The number of sulfonamides is 1. The molecule has 180 valence electrons. The summed E-state index contributed by atoms with van der Waals surface area (Å²) in [6, 6.07) is 14.9. The van der Waals surface area contributed by atoms with Gasteiger partial charge < -0.3 is 14.6 Å². The van der Waals surface area contributed by atoms with Crippen molar-refractivity contribution >= 4 is 32.5 Å². The summed E-state index contributed by atoms with van der Waals surface area (Å²) < 4.78 is 33.2. The number of aromatic nitrogens is 1. The van der Waals surface area contributed by atoms with E-state index in [9.17, 15) is 13.2 Å². The first-order valence-corrected chi connectivity index (χ1v) is 12.8. The van der Waals surface area contributed by atoms with Crippen LogP contribution in [-0.2, 0) is 24.4 Å². The van der Waals surface area contributed by atoms with Crippen LogP contribution in [0, 0.1) is 0 Å². The standard InChI is InChI=1S/C24H28N4O5S/c1-26(17-24(29)27-10-13-32-14-11-27)34(30,31)19-7-8-23(28-9-4-12-33-28)20(16-19)22-15-18-5-2-3-6-21(18)25-22/h2-3,5-8,15-16,25H,4,9-14,17H2,1H3. The highest BCUT2D eigenvalue weighted by Crippen LogP contribution is 2.36. The minimum Gasteiger partial charge on any atom is -0.378 e. The van der Waals surface area contributed by atoms with Crippen molar-refractivity contribution in [2.75, 3.05) is 58.1 Å². The number of aromatic amines is 1. The Kier molecular flexibility index (Phi) is 6.30. The van der Waals surface area contributed by atoms with Gasteiger partial charge in [-0.25, -0.2) is 8.42 Å². The molecule has 0 saturated carbocycles. The number of rotatable bonds is 6. The Morgan fingerprint density at radius 1 is 1.06 bits per heavy atom. The number of fused-ring (bicyclic) bond motifs is 1. The molecule has 5 rings (SSSR count). The van der Waals surface area contributed by atoms with E-state index in [1.165, 1.54) is 7.05 Å². The quantitative estimate of drug-likeness (QED) is 0.578. The van der Waals surface area contributed by atoms with Crippen LogP contribution < -0.4 is 5.06 Å². The molecule has 0 aliphatic carbocycles. The maximum absolute atomic E-state index is 13.4. The summed E-state index contributed by atoms with van der Waals surface area (Å²) in [5.41, 5.74) is 3.30. The van der Waals surface area contributed by atoms with Gasteiger partial charge >= 0.3 is 0 Å². The summed E-state index contributed by atoms with van der Waals surface area (Å²) in [4.78, 5) is 23.6. The second-order valence-electron chi connectivity index (χ2n) is 8.49. The molecular formula is C24H28N4O5S. The van der Waals surface area contributed by atoms with Crippen LogP contribution in [0.4, 0.5) is 5.69 Å². The number of carbonyl (C=O) groups excluding carboxylic acids is 1. The van der Waals surface area contributed by atoms with Gasteiger partial charge in [-0.3, -0.25) is 14.7 Å². The van der Waals surface area contributed by atoms with Gasteiger partial charge in [-0.15, -0.1) is 0 Å². The summed E-state index contributed by atoms with van der Waals surface area (Å²) in [5, 5.41) is 2.84. The molecule has 0 unspecified atom stereocenters. The van der Waals surface area contributed by atoms with Crippen molar-refractivity contribution in [3.63, 3.8) is 0 Å². The Morgan fingerprint density at radius 3 is 2.59 bits per heavy atom. The number of carbonyl (C=O) groups is 1. The van der Waals surface area contributed by atoms with E-state index in [0.717, 1.165) is 45.1 Å². The fourth-order valence-corrected chi connectivity index (χ4v) is 5.48. The van der Waals surface area contributed by atoms with Gasteiger partial charge in [0.25, 0.3) is 0 Å². The normalized spacial score (nSPS) is 17.1. The molecule has 9 nitrogen and oxygen atoms in total. The summed E-state index contributed by atoms with van der Waals surface area (Å²) in [7, 11) is -2.45. The molecule has 34 heavy (non-hydrogen) atoms. The molecule has 10 heteroatoms. The maximum atomic E-state index is 13.4. The lowest BCUT2D eigenvalue weighted by Crippen LogP contribution is -2.46. The van der Waals surface area contributed by atoms with E-state index in [4.69, 9.17) is 9.57 Å². The Morgan fingerprint density at radius 2 is 1.85 bits per heavy atom. The minimum absolute atomic E-state index is 0.126. The fourth-order valence-electron chi connectivity index (χ4n) is 4.33. The first-order chi connectivity index (χ1) is 16.4. The second-order valence-corrected chi connectivity index (χ2v) is 10.5. The van der Waals surface area contributed by atoms with E-state index in [1.54, 1.807) is 23.1 Å². The Hall–Kier alpha value is -2.92. The summed E-state index contributed by atoms with van der Waals surface area (Å²) in [6.45, 7) is 3.02. The number of amides is 1. The van der Waals surface area contributed by atoms with Crippen LogP contribution in [0.2, 0.25) is 0 Å². The topological polar surface area (TPSA) is 95.2 Å². The highest BCUT2D eigenvalue weighted by molar-refractivity contribution is 7.89. The fraction of sp³-hybridized carbons (Fsp3) is 0.375. The Balaban J connectivity index is 1.48. The number of nitrogens with one attached hydrogen (secondary N) is 1. The third-order valence-corrected chi connectivity index (χ3v) is 8.04. The van der Waals surface area contributed by atoms with Gasteiger partial charge in [0.05, 0.1) is 36.9 Å². The molecule has 0 spiro atoms. The molecule has 0 radical (unpaired) electrons. The maximum Gasteiger partial charge on any atom is 0.243 e. The van der Waals surface area contributed by atoms with E-state index in [1.807, 2.05) is 35.4 Å². The van der Waals surface area contributed by atoms with Crippen molar-refractivity contribution in [2.24, 2.45) is 0 Å². The number of para-hydroxylation sites is 1. The lowest BCUT2D eigenvalue weighted by molar-refractivity contribution is -0.135. The SMILES string of the molecule is CN(CC(=O)N1CCOCC1)S(=O)(=O)c1ccc(N2CCCO2)c(-c2cc3ccccc3[nH]2)c1. The van der Waals surface area contributed by atoms with Gasteiger partial charge in [-0.1, -0.05) is 18.2 Å².